The summed E-state index contributed by atoms with van der Waals surface area (Å²) in [6.07, 6.45) is 3.37. The van der Waals surface area contributed by atoms with Crippen LogP contribution < -0.4 is 0 Å². The van der Waals surface area contributed by atoms with Crippen molar-refractivity contribution in [3.05, 3.63) is 22.1 Å². The number of aryl methyl sites for hydroxylation is 1. The molecule has 0 radical (unpaired) electrons. The topological polar surface area (TPSA) is 51.6 Å². The lowest BCUT2D eigenvalue weighted by Crippen LogP contribution is -1.95. The number of hydrogen-bond donors (Lipinski definition) is 0. The predicted molar refractivity (Wildman–Crippen MR) is 69.8 cm³/mol. The van der Waals surface area contributed by atoms with Crippen LogP contribution in [0.2, 0.25) is 5.15 Å². The molecule has 0 N–H and O–H groups in total. The molecule has 0 spiro atoms. The summed E-state index contributed by atoms with van der Waals surface area (Å²) in [5.74, 6) is 0. The lowest BCUT2D eigenvalue weighted by Gasteiger charge is -2.06. The van der Waals surface area contributed by atoms with E-state index in [1.165, 1.54) is 18.1 Å². The molecular weight excluding hydrogens is 276 g/mol. The predicted octanol–water partition coefficient (Wildman–Crippen LogP) is 3.39. The van der Waals surface area contributed by atoms with Crippen molar-refractivity contribution >= 4 is 34.7 Å². The van der Waals surface area contributed by atoms with Crippen molar-refractivity contribution in [2.75, 3.05) is 0 Å². The molecular formula is C10H11ClN4S2. The van der Waals surface area contributed by atoms with Crippen LogP contribution in [0.15, 0.2) is 15.7 Å². The molecule has 90 valence electrons. The summed E-state index contributed by atoms with van der Waals surface area (Å²) in [6.45, 7) is 4.04. The first-order chi connectivity index (χ1) is 8.20. The van der Waals surface area contributed by atoms with Gasteiger partial charge in [0.05, 0.1) is 0 Å². The zero-order valence-electron chi connectivity index (χ0n) is 9.47. The number of nitrogens with zero attached hydrogens (tertiary/aromatic N) is 4. The van der Waals surface area contributed by atoms with Gasteiger partial charge in [0.1, 0.15) is 21.5 Å². The second kappa shape index (κ2) is 5.75. The van der Waals surface area contributed by atoms with Gasteiger partial charge in [0, 0.05) is 5.56 Å². The number of rotatable bonds is 4. The van der Waals surface area contributed by atoms with Crippen LogP contribution in [0.1, 0.15) is 23.9 Å². The summed E-state index contributed by atoms with van der Waals surface area (Å²) >= 11 is 9.13. The zero-order chi connectivity index (χ0) is 12.3. The minimum atomic E-state index is 0.533. The molecule has 2 heterocycles. The van der Waals surface area contributed by atoms with E-state index in [1.54, 1.807) is 11.3 Å². The fraction of sp³-hybridized carbons (Fsp3) is 0.400. The summed E-state index contributed by atoms with van der Waals surface area (Å²) in [4.78, 5) is 8.28. The summed E-state index contributed by atoms with van der Waals surface area (Å²) < 4.78 is 0.884. The van der Waals surface area contributed by atoms with Gasteiger partial charge < -0.3 is 0 Å². The second-order valence-corrected chi connectivity index (χ2v) is 6.16. The van der Waals surface area contributed by atoms with E-state index in [9.17, 15) is 0 Å². The number of halogens is 1. The molecule has 17 heavy (non-hydrogen) atoms. The summed E-state index contributed by atoms with van der Waals surface area (Å²) in [7, 11) is 0. The third-order valence-electron chi connectivity index (χ3n) is 2.04. The quantitative estimate of drug-likeness (QED) is 0.806. The van der Waals surface area contributed by atoms with Gasteiger partial charge in [0.25, 0.3) is 0 Å². The van der Waals surface area contributed by atoms with Gasteiger partial charge >= 0.3 is 0 Å². The van der Waals surface area contributed by atoms with Crippen LogP contribution in [-0.4, -0.2) is 20.2 Å². The number of aromatic nitrogens is 4. The zero-order valence-corrected chi connectivity index (χ0v) is 11.9. The van der Waals surface area contributed by atoms with Gasteiger partial charge in [-0.15, -0.1) is 10.2 Å². The first kappa shape index (κ1) is 12.7. The Bertz CT molecular complexity index is 515. The molecule has 0 bridgehead atoms. The number of hydrogen-bond acceptors (Lipinski definition) is 6. The highest BCUT2D eigenvalue weighted by atomic mass is 35.5. The Kier molecular flexibility index (Phi) is 4.31. The minimum Gasteiger partial charge on any atom is -0.229 e. The monoisotopic (exact) mass is 286 g/mol. The maximum absolute atomic E-state index is 6.08. The fourth-order valence-electron chi connectivity index (χ4n) is 1.33. The average Bonchev–Trinajstić information content (AvgIpc) is 2.69. The van der Waals surface area contributed by atoms with Crippen molar-refractivity contribution < 1.29 is 0 Å². The lowest BCUT2D eigenvalue weighted by molar-refractivity contribution is 0.855. The van der Waals surface area contributed by atoms with Crippen molar-refractivity contribution in [1.82, 2.24) is 20.2 Å². The van der Waals surface area contributed by atoms with E-state index in [-0.39, 0.29) is 0 Å². The molecule has 0 aliphatic heterocycles. The minimum absolute atomic E-state index is 0.533. The van der Waals surface area contributed by atoms with Crippen LogP contribution in [0.4, 0.5) is 0 Å². The van der Waals surface area contributed by atoms with Crippen LogP contribution in [0, 0.1) is 6.92 Å². The normalized spacial score (nSPS) is 10.8. The van der Waals surface area contributed by atoms with E-state index in [4.69, 9.17) is 11.6 Å². The van der Waals surface area contributed by atoms with Crippen LogP contribution in [0.25, 0.3) is 0 Å². The van der Waals surface area contributed by atoms with Gasteiger partial charge in [-0.3, -0.25) is 0 Å². The molecule has 2 rings (SSSR count). The molecule has 0 amide bonds. The van der Waals surface area contributed by atoms with E-state index in [0.717, 1.165) is 32.8 Å². The first-order valence-electron chi connectivity index (χ1n) is 5.18. The highest BCUT2D eigenvalue weighted by Gasteiger charge is 2.12. The third kappa shape index (κ3) is 3.14. The van der Waals surface area contributed by atoms with Gasteiger partial charge in [0.2, 0.25) is 0 Å². The largest absolute Gasteiger partial charge is 0.229 e. The van der Waals surface area contributed by atoms with Crippen LogP contribution >= 0.6 is 34.7 Å². The van der Waals surface area contributed by atoms with Gasteiger partial charge in [0.15, 0.2) is 4.34 Å². The molecule has 0 saturated carbocycles. The Morgan fingerprint density at radius 3 is 2.82 bits per heavy atom. The third-order valence-corrected chi connectivity index (χ3v) is 4.31. The molecule has 0 atom stereocenters. The highest BCUT2D eigenvalue weighted by molar-refractivity contribution is 8.01. The molecule has 0 fully saturated rings. The standard InChI is InChI=1S/C10H11ClN4S2/c1-3-4-7-8(11)12-5-13-9(7)17-10-15-14-6(2)16-10/h5H,3-4H2,1-2H3. The second-order valence-electron chi connectivity index (χ2n) is 3.39. The molecule has 0 unspecified atom stereocenters. The molecule has 2 aromatic heterocycles. The lowest BCUT2D eigenvalue weighted by atomic mass is 10.2. The highest BCUT2D eigenvalue weighted by Crippen LogP contribution is 2.33. The molecule has 7 heteroatoms. The van der Waals surface area contributed by atoms with Crippen molar-refractivity contribution in [2.45, 2.75) is 36.1 Å². The maximum Gasteiger partial charge on any atom is 0.180 e. The fourth-order valence-corrected chi connectivity index (χ4v) is 3.46. The SMILES string of the molecule is CCCc1c(Cl)ncnc1Sc1nnc(C)s1. The van der Waals surface area contributed by atoms with E-state index in [0.29, 0.717) is 5.15 Å². The van der Waals surface area contributed by atoms with Crippen molar-refractivity contribution in [3.63, 3.8) is 0 Å². The van der Waals surface area contributed by atoms with Crippen LogP contribution in [-0.2, 0) is 6.42 Å². The van der Waals surface area contributed by atoms with Crippen molar-refractivity contribution in [3.8, 4) is 0 Å². The van der Waals surface area contributed by atoms with E-state index >= 15 is 0 Å². The van der Waals surface area contributed by atoms with Gasteiger partial charge in [-0.25, -0.2) is 9.97 Å². The summed E-state index contributed by atoms with van der Waals surface area (Å²) in [5.41, 5.74) is 0.995. The van der Waals surface area contributed by atoms with Gasteiger partial charge in [-0.2, -0.15) is 0 Å². The maximum atomic E-state index is 6.08. The Labute approximate surface area is 113 Å². The van der Waals surface area contributed by atoms with E-state index in [1.807, 2.05) is 6.92 Å². The Morgan fingerprint density at radius 2 is 2.18 bits per heavy atom. The smallest absolute Gasteiger partial charge is 0.180 e. The van der Waals surface area contributed by atoms with Crippen LogP contribution in [0.5, 0.6) is 0 Å². The summed E-state index contributed by atoms with van der Waals surface area (Å²) in [6, 6.07) is 0. The van der Waals surface area contributed by atoms with Crippen LogP contribution in [0.3, 0.4) is 0 Å². The first-order valence-corrected chi connectivity index (χ1v) is 7.19. The molecule has 0 aliphatic carbocycles. The molecule has 0 saturated heterocycles. The summed E-state index contributed by atoms with van der Waals surface area (Å²) in [5, 5.41) is 10.4. The molecule has 2 aromatic rings. The van der Waals surface area contributed by atoms with E-state index < -0.39 is 0 Å². The molecule has 0 aliphatic rings. The Balaban J connectivity index is 2.28. The average molecular weight is 287 g/mol. The molecule has 0 aromatic carbocycles. The van der Waals surface area contributed by atoms with Crippen molar-refractivity contribution in [2.24, 2.45) is 0 Å². The van der Waals surface area contributed by atoms with E-state index in [2.05, 4.69) is 27.1 Å². The Hall–Kier alpha value is -0.720. The Morgan fingerprint density at radius 1 is 1.35 bits per heavy atom. The van der Waals surface area contributed by atoms with Gasteiger partial charge in [-0.1, -0.05) is 36.3 Å². The molecule has 4 nitrogen and oxygen atoms in total. The van der Waals surface area contributed by atoms with Gasteiger partial charge in [-0.05, 0) is 25.1 Å². The van der Waals surface area contributed by atoms with Crippen molar-refractivity contribution in [1.29, 1.82) is 0 Å².